The lowest BCUT2D eigenvalue weighted by molar-refractivity contribution is 0.0243. The summed E-state index contributed by atoms with van der Waals surface area (Å²) in [5.41, 5.74) is 6.17. The van der Waals surface area contributed by atoms with Gasteiger partial charge >= 0.3 is 0 Å². The molecule has 3 heterocycles. The second-order valence-corrected chi connectivity index (χ2v) is 8.10. The summed E-state index contributed by atoms with van der Waals surface area (Å²) in [6.45, 7) is -0.104. The van der Waals surface area contributed by atoms with Crippen LogP contribution in [-0.4, -0.2) is 39.5 Å². The fourth-order valence-corrected chi connectivity index (χ4v) is 4.24. The van der Waals surface area contributed by atoms with E-state index >= 15 is 0 Å². The average molecular weight is 451 g/mol. The van der Waals surface area contributed by atoms with Gasteiger partial charge in [-0.15, -0.1) is 11.3 Å². The summed E-state index contributed by atoms with van der Waals surface area (Å²) in [7, 11) is 1.69. The van der Waals surface area contributed by atoms with Gasteiger partial charge in [-0.3, -0.25) is 9.48 Å². The number of ether oxygens (including phenoxy) is 1. The van der Waals surface area contributed by atoms with Crippen molar-refractivity contribution in [1.29, 1.82) is 0 Å². The molecule has 1 aromatic carbocycles. The number of nitrogens with two attached hydrogens (primary N) is 1. The van der Waals surface area contributed by atoms with Crippen LogP contribution in [0.2, 0.25) is 0 Å². The molecule has 3 aromatic rings. The molecule has 11 heteroatoms. The van der Waals surface area contributed by atoms with Gasteiger partial charge in [0.25, 0.3) is 5.91 Å². The van der Waals surface area contributed by atoms with E-state index in [4.69, 9.17) is 10.5 Å². The van der Waals surface area contributed by atoms with Gasteiger partial charge in [-0.2, -0.15) is 5.10 Å². The number of amides is 1. The fraction of sp³-hybridized carbons (Fsp3) is 0.350. The number of nitrogens with one attached hydrogen (secondary N) is 1. The zero-order valence-electron chi connectivity index (χ0n) is 16.5. The largest absolute Gasteiger partial charge is 0.369 e. The highest BCUT2D eigenvalue weighted by molar-refractivity contribution is 7.13. The Kier molecular flexibility index (Phi) is 6.08. The van der Waals surface area contributed by atoms with Crippen LogP contribution in [-0.2, 0) is 11.8 Å². The Morgan fingerprint density at radius 3 is 2.81 bits per heavy atom. The number of aromatic nitrogens is 3. The topological polar surface area (TPSA) is 95.1 Å². The van der Waals surface area contributed by atoms with Crippen LogP contribution in [0.25, 0.3) is 10.6 Å². The van der Waals surface area contributed by atoms with Crippen molar-refractivity contribution in [1.82, 2.24) is 14.8 Å². The van der Waals surface area contributed by atoms with E-state index in [9.17, 15) is 18.0 Å². The quantitative estimate of drug-likeness (QED) is 0.632. The van der Waals surface area contributed by atoms with Gasteiger partial charge < -0.3 is 15.8 Å². The number of anilines is 1. The van der Waals surface area contributed by atoms with Crippen LogP contribution in [0.4, 0.5) is 19.0 Å². The highest BCUT2D eigenvalue weighted by Crippen LogP contribution is 2.31. The number of nitrogens with zero attached hydrogens (tertiary/aromatic N) is 3. The highest BCUT2D eigenvalue weighted by Gasteiger charge is 2.28. The lowest BCUT2D eigenvalue weighted by atomic mass is 10.1. The standard InChI is InChI=1S/C20H20F3N5O2S/c1-28-15(16-6-5-13(24)12(23)8-30-16)7-17(27-28)26-19(29)14-9-31-20(25-14)18-10(21)3-2-4-11(18)22/h2-4,7,9,12-13,16H,5-6,8,24H2,1H3,(H,26,27,29)/t12-,13-,16+/m1/s1. The van der Waals surface area contributed by atoms with E-state index < -0.39 is 35.9 Å². The SMILES string of the molecule is Cn1nc(NC(=O)c2csc(-c3c(F)cccc3F)n2)cc1[C@@H]1CC[C@@H](N)[C@H](F)CO1. The second-order valence-electron chi connectivity index (χ2n) is 7.25. The third kappa shape index (κ3) is 4.48. The van der Waals surface area contributed by atoms with Gasteiger partial charge in [-0.25, -0.2) is 18.2 Å². The molecule has 0 aliphatic carbocycles. The third-order valence-corrected chi connectivity index (χ3v) is 5.94. The molecule has 3 N–H and O–H groups in total. The molecule has 0 spiro atoms. The van der Waals surface area contributed by atoms with Crippen molar-refractivity contribution in [2.45, 2.75) is 31.2 Å². The number of thiazole rings is 1. The molecule has 164 valence electrons. The summed E-state index contributed by atoms with van der Waals surface area (Å²) in [5.74, 6) is -1.83. The molecule has 4 rings (SSSR count). The van der Waals surface area contributed by atoms with Crippen molar-refractivity contribution in [3.05, 3.63) is 52.7 Å². The maximum atomic E-state index is 14.0. The van der Waals surface area contributed by atoms with Crippen LogP contribution in [0, 0.1) is 11.6 Å². The summed E-state index contributed by atoms with van der Waals surface area (Å²) < 4.78 is 48.9. The maximum Gasteiger partial charge on any atom is 0.276 e. The Hall–Kier alpha value is -2.76. The van der Waals surface area contributed by atoms with E-state index in [0.717, 1.165) is 23.5 Å². The predicted octanol–water partition coefficient (Wildman–Crippen LogP) is 3.59. The summed E-state index contributed by atoms with van der Waals surface area (Å²) >= 11 is 0.959. The minimum Gasteiger partial charge on any atom is -0.369 e. The van der Waals surface area contributed by atoms with Gasteiger partial charge in [0.1, 0.15) is 28.5 Å². The van der Waals surface area contributed by atoms with Gasteiger partial charge in [-0.05, 0) is 25.0 Å². The van der Waals surface area contributed by atoms with Crippen molar-refractivity contribution in [3.63, 3.8) is 0 Å². The molecule has 1 fully saturated rings. The molecule has 1 amide bonds. The fourth-order valence-electron chi connectivity index (χ4n) is 3.39. The van der Waals surface area contributed by atoms with Gasteiger partial charge in [0.2, 0.25) is 0 Å². The summed E-state index contributed by atoms with van der Waals surface area (Å²) in [4.78, 5) is 16.6. The van der Waals surface area contributed by atoms with Gasteiger partial charge in [0.15, 0.2) is 5.82 Å². The number of benzene rings is 1. The number of hydrogen-bond donors (Lipinski definition) is 2. The molecule has 0 saturated carbocycles. The Balaban J connectivity index is 1.49. The zero-order chi connectivity index (χ0) is 22.1. The van der Waals surface area contributed by atoms with Crippen molar-refractivity contribution >= 4 is 23.1 Å². The normalized spacial score (nSPS) is 21.6. The second kappa shape index (κ2) is 8.77. The summed E-state index contributed by atoms with van der Waals surface area (Å²) in [5, 5.41) is 8.34. The van der Waals surface area contributed by atoms with Crippen LogP contribution in [0.15, 0.2) is 29.6 Å². The van der Waals surface area contributed by atoms with E-state index in [1.807, 2.05) is 0 Å². The maximum absolute atomic E-state index is 14.0. The lowest BCUT2D eigenvalue weighted by Crippen LogP contribution is -2.32. The van der Waals surface area contributed by atoms with Crippen LogP contribution in [0.3, 0.4) is 0 Å². The average Bonchev–Trinajstić information content (AvgIpc) is 3.30. The molecule has 2 aromatic heterocycles. The number of carbonyl (C=O) groups excluding carboxylic acids is 1. The van der Waals surface area contributed by atoms with Crippen LogP contribution >= 0.6 is 11.3 Å². The lowest BCUT2D eigenvalue weighted by Gasteiger charge is -2.14. The van der Waals surface area contributed by atoms with Crippen molar-refractivity contribution in [2.75, 3.05) is 11.9 Å². The summed E-state index contributed by atoms with van der Waals surface area (Å²) in [6.07, 6.45) is -0.633. The Bertz CT molecular complexity index is 1070. The Labute approximate surface area is 180 Å². The molecule has 1 saturated heterocycles. The molecule has 31 heavy (non-hydrogen) atoms. The molecule has 7 nitrogen and oxygen atoms in total. The first kappa shape index (κ1) is 21.5. The molecule has 0 bridgehead atoms. The Morgan fingerprint density at radius 1 is 1.32 bits per heavy atom. The van der Waals surface area contributed by atoms with Crippen LogP contribution in [0.5, 0.6) is 0 Å². The Morgan fingerprint density at radius 2 is 2.06 bits per heavy atom. The van der Waals surface area contributed by atoms with E-state index in [1.165, 1.54) is 11.4 Å². The first-order valence-corrected chi connectivity index (χ1v) is 10.5. The molecular weight excluding hydrogens is 431 g/mol. The van der Waals surface area contributed by atoms with E-state index in [2.05, 4.69) is 15.4 Å². The van der Waals surface area contributed by atoms with Crippen molar-refractivity contribution in [3.8, 4) is 10.6 Å². The minimum atomic E-state index is -1.23. The van der Waals surface area contributed by atoms with Gasteiger partial charge in [0.05, 0.1) is 24.0 Å². The van der Waals surface area contributed by atoms with Gasteiger partial charge in [-0.1, -0.05) is 6.07 Å². The molecule has 0 radical (unpaired) electrons. The van der Waals surface area contributed by atoms with Crippen LogP contribution < -0.4 is 11.1 Å². The molecule has 3 atom stereocenters. The number of rotatable bonds is 4. The number of carbonyl (C=O) groups is 1. The predicted molar refractivity (Wildman–Crippen MR) is 109 cm³/mol. The van der Waals surface area contributed by atoms with E-state index in [0.29, 0.717) is 18.5 Å². The zero-order valence-corrected chi connectivity index (χ0v) is 17.3. The van der Waals surface area contributed by atoms with E-state index in [-0.39, 0.29) is 28.7 Å². The first-order valence-electron chi connectivity index (χ1n) is 9.60. The van der Waals surface area contributed by atoms with Gasteiger partial charge in [0, 0.05) is 24.5 Å². The van der Waals surface area contributed by atoms with E-state index in [1.54, 1.807) is 17.8 Å². The number of aryl methyl sites for hydroxylation is 1. The molecule has 0 unspecified atom stereocenters. The molecular formula is C20H20F3N5O2S. The highest BCUT2D eigenvalue weighted by atomic mass is 32.1. The molecule has 1 aliphatic heterocycles. The van der Waals surface area contributed by atoms with Crippen LogP contribution in [0.1, 0.15) is 35.1 Å². The number of halogens is 3. The van der Waals surface area contributed by atoms with Crippen molar-refractivity contribution in [2.24, 2.45) is 12.8 Å². The van der Waals surface area contributed by atoms with Crippen molar-refractivity contribution < 1.29 is 22.7 Å². The monoisotopic (exact) mass is 451 g/mol. The first-order chi connectivity index (χ1) is 14.8. The number of hydrogen-bond acceptors (Lipinski definition) is 6. The third-order valence-electron chi connectivity index (χ3n) is 5.08. The minimum absolute atomic E-state index is 0.00631. The molecule has 1 aliphatic rings. The summed E-state index contributed by atoms with van der Waals surface area (Å²) in [6, 6.07) is 4.57. The number of alkyl halides is 1. The smallest absolute Gasteiger partial charge is 0.276 e.